The second-order valence-corrected chi connectivity index (χ2v) is 7.57. The number of nitrogens with zero attached hydrogens (tertiary/aromatic N) is 3. The number of fused-ring (bicyclic) bond motifs is 1. The molecule has 1 saturated heterocycles. The lowest BCUT2D eigenvalue weighted by Crippen LogP contribution is -2.44. The summed E-state index contributed by atoms with van der Waals surface area (Å²) in [6.45, 7) is 9.28. The molecule has 0 bridgehead atoms. The average Bonchev–Trinajstić information content (AvgIpc) is 3.16. The first-order valence-electron chi connectivity index (χ1n) is 10.5. The van der Waals surface area contributed by atoms with Gasteiger partial charge in [-0.15, -0.1) is 0 Å². The van der Waals surface area contributed by atoms with E-state index >= 15 is 0 Å². The Hall–Kier alpha value is -2.37. The lowest BCUT2D eigenvalue weighted by Gasteiger charge is -2.33. The summed E-state index contributed by atoms with van der Waals surface area (Å²) in [6.07, 6.45) is 2.74. The van der Waals surface area contributed by atoms with Crippen molar-refractivity contribution in [3.63, 3.8) is 0 Å². The predicted octanol–water partition coefficient (Wildman–Crippen LogP) is 2.71. The molecule has 2 aliphatic rings. The predicted molar refractivity (Wildman–Crippen MR) is 109 cm³/mol. The topological polar surface area (TPSA) is 60.9 Å². The number of anilines is 1. The van der Waals surface area contributed by atoms with Crippen molar-refractivity contribution in [3.05, 3.63) is 29.3 Å². The molecule has 1 aromatic rings. The second kappa shape index (κ2) is 8.76. The summed E-state index contributed by atoms with van der Waals surface area (Å²) in [7, 11) is 0. The van der Waals surface area contributed by atoms with Gasteiger partial charge in [0, 0.05) is 56.3 Å². The van der Waals surface area contributed by atoms with Gasteiger partial charge < -0.3 is 14.7 Å². The third-order valence-electron chi connectivity index (χ3n) is 6.03. The number of carbonyl (C=O) groups excluding carboxylic acids is 3. The zero-order chi connectivity index (χ0) is 20.3. The van der Waals surface area contributed by atoms with Gasteiger partial charge in [-0.25, -0.2) is 0 Å². The number of benzene rings is 1. The van der Waals surface area contributed by atoms with Crippen LogP contribution in [-0.4, -0.2) is 60.2 Å². The summed E-state index contributed by atoms with van der Waals surface area (Å²) in [5, 5.41) is 0. The maximum Gasteiger partial charge on any atom is 0.253 e. The maximum absolute atomic E-state index is 12.9. The van der Waals surface area contributed by atoms with E-state index in [9.17, 15) is 14.4 Å². The van der Waals surface area contributed by atoms with Gasteiger partial charge in [0.25, 0.3) is 5.91 Å². The Labute approximate surface area is 167 Å². The van der Waals surface area contributed by atoms with Crippen LogP contribution in [0.2, 0.25) is 0 Å². The minimum absolute atomic E-state index is 0.0248. The first kappa shape index (κ1) is 20.4. The fraction of sp³-hybridized carbons (Fsp3) is 0.591. The first-order chi connectivity index (χ1) is 13.5. The standard InChI is InChI=1S/C22H31N3O3/c1-4-20(26)25-14-11-17-15-18(7-8-19(17)25)22(28)24-12-9-16(10-13-24)21(27)23(5-2)6-3/h7-8,15-16H,4-6,9-14H2,1-3H3. The molecule has 0 unspecified atom stereocenters. The molecule has 2 aliphatic heterocycles. The van der Waals surface area contributed by atoms with Crippen molar-refractivity contribution in [2.45, 2.75) is 46.5 Å². The van der Waals surface area contributed by atoms with E-state index in [-0.39, 0.29) is 23.6 Å². The molecule has 3 amide bonds. The second-order valence-electron chi connectivity index (χ2n) is 7.57. The van der Waals surface area contributed by atoms with E-state index < -0.39 is 0 Å². The van der Waals surface area contributed by atoms with Crippen molar-refractivity contribution in [3.8, 4) is 0 Å². The van der Waals surface area contributed by atoms with E-state index in [0.717, 1.165) is 43.6 Å². The van der Waals surface area contributed by atoms with E-state index in [1.807, 2.05) is 53.7 Å². The van der Waals surface area contributed by atoms with E-state index in [4.69, 9.17) is 0 Å². The van der Waals surface area contributed by atoms with Crippen molar-refractivity contribution < 1.29 is 14.4 Å². The molecule has 0 aliphatic carbocycles. The number of rotatable bonds is 5. The molecule has 0 spiro atoms. The van der Waals surface area contributed by atoms with E-state index in [2.05, 4.69) is 0 Å². The molecule has 3 rings (SSSR count). The molecule has 6 nitrogen and oxygen atoms in total. The molecule has 0 N–H and O–H groups in total. The SMILES string of the molecule is CCC(=O)N1CCc2cc(C(=O)N3CCC(C(=O)N(CC)CC)CC3)ccc21. The molecule has 2 heterocycles. The largest absolute Gasteiger partial charge is 0.343 e. The van der Waals surface area contributed by atoms with Crippen LogP contribution < -0.4 is 4.90 Å². The Balaban J connectivity index is 1.63. The highest BCUT2D eigenvalue weighted by molar-refractivity contribution is 5.98. The number of hydrogen-bond donors (Lipinski definition) is 0. The highest BCUT2D eigenvalue weighted by atomic mass is 16.2. The van der Waals surface area contributed by atoms with Gasteiger partial charge in [-0.1, -0.05) is 6.92 Å². The van der Waals surface area contributed by atoms with E-state index in [0.29, 0.717) is 31.6 Å². The fourth-order valence-corrected chi connectivity index (χ4v) is 4.29. The lowest BCUT2D eigenvalue weighted by molar-refractivity contribution is -0.136. The van der Waals surface area contributed by atoms with Gasteiger partial charge in [-0.2, -0.15) is 0 Å². The van der Waals surface area contributed by atoms with Crippen LogP contribution in [0.25, 0.3) is 0 Å². The van der Waals surface area contributed by atoms with Crippen molar-refractivity contribution in [2.75, 3.05) is 37.6 Å². The van der Waals surface area contributed by atoms with Crippen LogP contribution in [0.3, 0.4) is 0 Å². The first-order valence-corrected chi connectivity index (χ1v) is 10.5. The van der Waals surface area contributed by atoms with Crippen molar-refractivity contribution in [2.24, 2.45) is 5.92 Å². The summed E-state index contributed by atoms with van der Waals surface area (Å²) in [5.41, 5.74) is 2.68. The Morgan fingerprint density at radius 3 is 2.32 bits per heavy atom. The number of piperidine rings is 1. The monoisotopic (exact) mass is 385 g/mol. The zero-order valence-electron chi connectivity index (χ0n) is 17.2. The summed E-state index contributed by atoms with van der Waals surface area (Å²) in [6, 6.07) is 5.67. The third kappa shape index (κ3) is 3.91. The number of likely N-dealkylation sites (tertiary alicyclic amines) is 1. The van der Waals surface area contributed by atoms with Crippen LogP contribution in [0.15, 0.2) is 18.2 Å². The van der Waals surface area contributed by atoms with Crippen LogP contribution in [0.4, 0.5) is 5.69 Å². The molecule has 1 aromatic carbocycles. The Bertz CT molecular complexity index is 749. The minimum Gasteiger partial charge on any atom is -0.343 e. The summed E-state index contributed by atoms with van der Waals surface area (Å²) >= 11 is 0. The quantitative estimate of drug-likeness (QED) is 0.783. The lowest BCUT2D eigenvalue weighted by atomic mass is 9.94. The summed E-state index contributed by atoms with van der Waals surface area (Å²) in [5.74, 6) is 0.391. The minimum atomic E-state index is 0.0248. The molecule has 152 valence electrons. The molecule has 0 saturated carbocycles. The van der Waals surface area contributed by atoms with Gasteiger partial charge >= 0.3 is 0 Å². The Kier molecular flexibility index (Phi) is 6.37. The smallest absolute Gasteiger partial charge is 0.253 e. The van der Waals surface area contributed by atoms with Crippen molar-refractivity contribution in [1.82, 2.24) is 9.80 Å². The number of amides is 3. The molecular weight excluding hydrogens is 354 g/mol. The maximum atomic E-state index is 12.9. The van der Waals surface area contributed by atoms with Gasteiger partial charge in [0.1, 0.15) is 0 Å². The molecule has 28 heavy (non-hydrogen) atoms. The average molecular weight is 386 g/mol. The van der Waals surface area contributed by atoms with Gasteiger partial charge in [0.2, 0.25) is 11.8 Å². The van der Waals surface area contributed by atoms with Crippen LogP contribution in [-0.2, 0) is 16.0 Å². The molecule has 0 aromatic heterocycles. The molecular formula is C22H31N3O3. The molecule has 1 fully saturated rings. The van der Waals surface area contributed by atoms with Crippen LogP contribution in [0, 0.1) is 5.92 Å². The molecule has 6 heteroatoms. The van der Waals surface area contributed by atoms with Crippen molar-refractivity contribution in [1.29, 1.82) is 0 Å². The van der Waals surface area contributed by atoms with E-state index in [1.165, 1.54) is 0 Å². The van der Waals surface area contributed by atoms with Crippen molar-refractivity contribution >= 4 is 23.4 Å². The summed E-state index contributed by atoms with van der Waals surface area (Å²) < 4.78 is 0. The number of hydrogen-bond acceptors (Lipinski definition) is 3. The van der Waals surface area contributed by atoms with Gasteiger partial charge in [-0.3, -0.25) is 14.4 Å². The van der Waals surface area contributed by atoms with Gasteiger partial charge in [0.15, 0.2) is 0 Å². The summed E-state index contributed by atoms with van der Waals surface area (Å²) in [4.78, 5) is 43.1. The Morgan fingerprint density at radius 2 is 1.71 bits per heavy atom. The Morgan fingerprint density at radius 1 is 1.04 bits per heavy atom. The third-order valence-corrected chi connectivity index (χ3v) is 6.03. The zero-order valence-corrected chi connectivity index (χ0v) is 17.2. The van der Waals surface area contributed by atoms with Crippen LogP contribution >= 0.6 is 0 Å². The van der Waals surface area contributed by atoms with E-state index in [1.54, 1.807) is 0 Å². The molecule has 0 atom stereocenters. The van der Waals surface area contributed by atoms with Gasteiger partial charge in [0.05, 0.1) is 0 Å². The highest BCUT2D eigenvalue weighted by Crippen LogP contribution is 2.30. The van der Waals surface area contributed by atoms with Gasteiger partial charge in [-0.05, 0) is 56.9 Å². The van der Waals surface area contributed by atoms with Crippen LogP contribution in [0.1, 0.15) is 56.0 Å². The molecule has 0 radical (unpaired) electrons. The highest BCUT2D eigenvalue weighted by Gasteiger charge is 2.30. The normalized spacial score (nSPS) is 16.8. The number of carbonyl (C=O) groups is 3. The van der Waals surface area contributed by atoms with Crippen LogP contribution in [0.5, 0.6) is 0 Å². The fourth-order valence-electron chi connectivity index (χ4n) is 4.29.